The van der Waals surface area contributed by atoms with E-state index in [-0.39, 0.29) is 22.4 Å². The molecule has 0 bridgehead atoms. The van der Waals surface area contributed by atoms with Crippen molar-refractivity contribution in [2.24, 2.45) is 5.41 Å². The molecule has 0 saturated carbocycles. The maximum Gasteiger partial charge on any atom is 0.261 e. The third-order valence-electron chi connectivity index (χ3n) is 5.31. The fourth-order valence-electron chi connectivity index (χ4n) is 3.62. The summed E-state index contributed by atoms with van der Waals surface area (Å²) in [6.07, 6.45) is 6.55. The maximum atomic E-state index is 12.9. The molecule has 0 atom stereocenters. The standard InChI is InChI=1S/C23H23N5O/c1-23(2)11-10-21-27-20-13-15(6-7-16(20)22(29)28(21)14-23)17(24)8-9-18(25)19-5-3-4-12-26-19/h3-9,12-13,24-25H,10-11,14H2,1-2H3/b9-8-,24-17?,25-18?. The molecule has 0 spiro atoms. The number of nitrogens with zero attached hydrogens (tertiary/aromatic N) is 3. The molecule has 0 fully saturated rings. The molecule has 146 valence electrons. The molecule has 1 aromatic carbocycles. The Kier molecular flexibility index (Phi) is 4.70. The zero-order valence-electron chi connectivity index (χ0n) is 16.6. The van der Waals surface area contributed by atoms with Gasteiger partial charge in [0.1, 0.15) is 5.82 Å². The van der Waals surface area contributed by atoms with E-state index >= 15 is 0 Å². The number of allylic oxidation sites excluding steroid dienone is 2. The molecular weight excluding hydrogens is 362 g/mol. The molecular formula is C23H23N5O. The Hall–Kier alpha value is -3.41. The van der Waals surface area contributed by atoms with Crippen molar-refractivity contribution in [3.8, 4) is 0 Å². The Morgan fingerprint density at radius 3 is 2.69 bits per heavy atom. The zero-order valence-corrected chi connectivity index (χ0v) is 16.6. The van der Waals surface area contributed by atoms with E-state index in [1.165, 1.54) is 0 Å². The normalized spacial score (nSPS) is 15.4. The van der Waals surface area contributed by atoms with Crippen LogP contribution in [0.5, 0.6) is 0 Å². The summed E-state index contributed by atoms with van der Waals surface area (Å²) in [5.74, 6) is 0.818. The van der Waals surface area contributed by atoms with Gasteiger partial charge in [-0.2, -0.15) is 0 Å². The van der Waals surface area contributed by atoms with E-state index < -0.39 is 0 Å². The molecule has 0 radical (unpaired) electrons. The van der Waals surface area contributed by atoms with Crippen LogP contribution in [0.3, 0.4) is 0 Å². The lowest BCUT2D eigenvalue weighted by molar-refractivity contribution is 0.240. The van der Waals surface area contributed by atoms with Crippen molar-refractivity contribution >= 4 is 22.3 Å². The second-order valence-electron chi connectivity index (χ2n) is 8.19. The van der Waals surface area contributed by atoms with E-state index in [1.54, 1.807) is 53.2 Å². The Morgan fingerprint density at radius 1 is 1.14 bits per heavy atom. The van der Waals surface area contributed by atoms with Crippen LogP contribution in [0, 0.1) is 16.2 Å². The molecule has 3 heterocycles. The average Bonchev–Trinajstić information content (AvgIpc) is 2.72. The fraction of sp³-hybridized carbons (Fsp3) is 0.261. The first kappa shape index (κ1) is 18.9. The van der Waals surface area contributed by atoms with Crippen LogP contribution >= 0.6 is 0 Å². The van der Waals surface area contributed by atoms with E-state index in [0.717, 1.165) is 18.7 Å². The van der Waals surface area contributed by atoms with Gasteiger partial charge in [-0.15, -0.1) is 0 Å². The first-order valence-corrected chi connectivity index (χ1v) is 9.64. The maximum absolute atomic E-state index is 12.9. The van der Waals surface area contributed by atoms with E-state index in [2.05, 4.69) is 18.8 Å². The molecule has 0 amide bonds. The summed E-state index contributed by atoms with van der Waals surface area (Å²) in [5.41, 5.74) is 2.42. The molecule has 1 aliphatic rings. The van der Waals surface area contributed by atoms with Gasteiger partial charge in [0.15, 0.2) is 0 Å². The number of nitrogens with one attached hydrogen (secondary N) is 2. The Balaban J connectivity index is 1.64. The summed E-state index contributed by atoms with van der Waals surface area (Å²) < 4.78 is 1.80. The first-order chi connectivity index (χ1) is 13.8. The van der Waals surface area contributed by atoms with Gasteiger partial charge in [0.2, 0.25) is 0 Å². The number of aromatic nitrogens is 3. The molecule has 4 rings (SSSR count). The number of hydrogen-bond donors (Lipinski definition) is 2. The predicted molar refractivity (Wildman–Crippen MR) is 115 cm³/mol. The van der Waals surface area contributed by atoms with Gasteiger partial charge in [0.05, 0.1) is 28.0 Å². The Morgan fingerprint density at radius 2 is 1.93 bits per heavy atom. The summed E-state index contributed by atoms with van der Waals surface area (Å²) >= 11 is 0. The average molecular weight is 385 g/mol. The molecule has 3 aromatic rings. The third kappa shape index (κ3) is 3.78. The van der Waals surface area contributed by atoms with E-state index in [4.69, 9.17) is 15.8 Å². The van der Waals surface area contributed by atoms with E-state index in [9.17, 15) is 4.79 Å². The van der Waals surface area contributed by atoms with Crippen molar-refractivity contribution in [2.45, 2.75) is 33.2 Å². The molecule has 2 aromatic heterocycles. The first-order valence-electron chi connectivity index (χ1n) is 9.64. The highest BCUT2D eigenvalue weighted by Crippen LogP contribution is 2.29. The summed E-state index contributed by atoms with van der Waals surface area (Å²) in [4.78, 5) is 21.8. The highest BCUT2D eigenvalue weighted by Gasteiger charge is 2.27. The van der Waals surface area contributed by atoms with Gasteiger partial charge < -0.3 is 5.41 Å². The van der Waals surface area contributed by atoms with Gasteiger partial charge in [-0.3, -0.25) is 19.8 Å². The Bertz CT molecular complexity index is 1210. The van der Waals surface area contributed by atoms with Gasteiger partial charge in [-0.25, -0.2) is 4.98 Å². The second kappa shape index (κ2) is 7.20. The van der Waals surface area contributed by atoms with Gasteiger partial charge in [0.25, 0.3) is 5.56 Å². The fourth-order valence-corrected chi connectivity index (χ4v) is 3.62. The summed E-state index contributed by atoms with van der Waals surface area (Å²) in [7, 11) is 0. The van der Waals surface area contributed by atoms with Gasteiger partial charge >= 0.3 is 0 Å². The van der Waals surface area contributed by atoms with Crippen molar-refractivity contribution < 1.29 is 0 Å². The number of hydrogen-bond acceptors (Lipinski definition) is 5. The van der Waals surface area contributed by atoms with E-state index in [1.807, 2.05) is 6.07 Å². The molecule has 2 N–H and O–H groups in total. The van der Waals surface area contributed by atoms with Crippen LogP contribution in [0.4, 0.5) is 0 Å². The number of rotatable bonds is 4. The van der Waals surface area contributed by atoms with Crippen molar-refractivity contribution in [3.63, 3.8) is 0 Å². The monoisotopic (exact) mass is 385 g/mol. The van der Waals surface area contributed by atoms with Crippen LogP contribution in [0.2, 0.25) is 0 Å². The van der Waals surface area contributed by atoms with Gasteiger partial charge in [-0.1, -0.05) is 26.0 Å². The minimum absolute atomic E-state index is 0.0108. The van der Waals surface area contributed by atoms with Crippen LogP contribution in [0.15, 0.2) is 59.5 Å². The minimum atomic E-state index is -0.0108. The molecule has 0 aliphatic carbocycles. The van der Waals surface area contributed by atoms with Gasteiger partial charge in [-0.05, 0) is 48.3 Å². The van der Waals surface area contributed by atoms with Crippen LogP contribution in [-0.4, -0.2) is 26.0 Å². The molecule has 1 aliphatic heterocycles. The van der Waals surface area contributed by atoms with Crippen LogP contribution in [0.1, 0.15) is 37.4 Å². The van der Waals surface area contributed by atoms with Crippen molar-refractivity contribution in [2.75, 3.05) is 0 Å². The summed E-state index contributed by atoms with van der Waals surface area (Å²) in [6, 6.07) is 10.7. The lowest BCUT2D eigenvalue weighted by Gasteiger charge is -2.31. The summed E-state index contributed by atoms with van der Waals surface area (Å²) in [6.45, 7) is 5.03. The number of pyridine rings is 1. The lowest BCUT2D eigenvalue weighted by Crippen LogP contribution is -2.36. The minimum Gasteiger partial charge on any atom is -0.300 e. The smallest absolute Gasteiger partial charge is 0.261 e. The van der Waals surface area contributed by atoms with Crippen molar-refractivity contribution in [3.05, 3.63) is 82.2 Å². The van der Waals surface area contributed by atoms with Crippen LogP contribution in [0.25, 0.3) is 10.9 Å². The predicted octanol–water partition coefficient (Wildman–Crippen LogP) is 3.76. The van der Waals surface area contributed by atoms with E-state index in [0.29, 0.717) is 28.7 Å². The topological polar surface area (TPSA) is 95.5 Å². The SMILES string of the molecule is CC1(C)CCc2nc3cc(C(=N)/C=C\C(=N)c4ccccn4)ccc3c(=O)n2C1. The molecule has 6 nitrogen and oxygen atoms in total. The molecule has 0 unspecified atom stereocenters. The Labute approximate surface area is 169 Å². The van der Waals surface area contributed by atoms with Crippen LogP contribution < -0.4 is 5.56 Å². The third-order valence-corrected chi connectivity index (χ3v) is 5.31. The highest BCUT2D eigenvalue weighted by atomic mass is 16.1. The quantitative estimate of drug-likeness (QED) is 0.670. The highest BCUT2D eigenvalue weighted by molar-refractivity contribution is 6.13. The molecule has 29 heavy (non-hydrogen) atoms. The largest absolute Gasteiger partial charge is 0.300 e. The second-order valence-corrected chi connectivity index (χ2v) is 8.19. The van der Waals surface area contributed by atoms with Crippen molar-refractivity contribution in [1.29, 1.82) is 10.8 Å². The van der Waals surface area contributed by atoms with Gasteiger partial charge in [0, 0.05) is 24.7 Å². The van der Waals surface area contributed by atoms with Crippen LogP contribution in [-0.2, 0) is 13.0 Å². The summed E-state index contributed by atoms with van der Waals surface area (Å²) in [5, 5.41) is 17.0. The number of fused-ring (bicyclic) bond motifs is 2. The molecule has 6 heteroatoms. The lowest BCUT2D eigenvalue weighted by atomic mass is 9.85. The van der Waals surface area contributed by atoms with Crippen molar-refractivity contribution in [1.82, 2.24) is 14.5 Å². The zero-order chi connectivity index (χ0) is 20.6. The molecule has 0 saturated heterocycles. The number of aryl methyl sites for hydroxylation is 1. The number of benzene rings is 1.